The molecule has 0 N–H and O–H groups in total. The summed E-state index contributed by atoms with van der Waals surface area (Å²) >= 11 is 0. The fourth-order valence-corrected chi connectivity index (χ4v) is 0.534. The van der Waals surface area contributed by atoms with Gasteiger partial charge in [0.25, 0.3) is 0 Å². The maximum atomic E-state index is 2.08. The zero-order valence-corrected chi connectivity index (χ0v) is 11.0. The van der Waals surface area contributed by atoms with E-state index in [1.165, 1.54) is 5.56 Å². The molecule has 0 saturated carbocycles. The summed E-state index contributed by atoms with van der Waals surface area (Å²) in [4.78, 5) is 0. The maximum Gasteiger partial charge on any atom is 0.102 e. The Labute approximate surface area is 92.0 Å². The fraction of sp³-hybridized carbons (Fsp3) is 0.538. The quantitative estimate of drug-likeness (QED) is 0.517. The highest BCUT2D eigenvalue weighted by molar-refractivity contribution is 6.31. The minimum absolute atomic E-state index is 1.32. The van der Waals surface area contributed by atoms with E-state index in [1.54, 1.807) is 0 Å². The van der Waals surface area contributed by atoms with Crippen molar-refractivity contribution in [3.05, 3.63) is 35.9 Å². The van der Waals surface area contributed by atoms with Crippen molar-refractivity contribution < 1.29 is 0 Å². The Bertz CT molecular complexity index is 147. The molecule has 1 aromatic rings. The molecule has 0 unspecified atom stereocenters. The van der Waals surface area contributed by atoms with Crippen LogP contribution in [-0.4, -0.2) is 7.28 Å². The summed E-state index contributed by atoms with van der Waals surface area (Å²) < 4.78 is 0. The van der Waals surface area contributed by atoms with Crippen LogP contribution in [-0.2, 0) is 0 Å². The third-order valence-corrected chi connectivity index (χ3v) is 0.940. The van der Waals surface area contributed by atoms with Crippen molar-refractivity contribution in [3.63, 3.8) is 0 Å². The molecule has 1 rings (SSSR count). The second-order valence-electron chi connectivity index (χ2n) is 2.23. The fourth-order valence-electron chi connectivity index (χ4n) is 0.534. The van der Waals surface area contributed by atoms with Crippen LogP contribution in [0.1, 0.15) is 33.3 Å². The molecule has 0 heterocycles. The van der Waals surface area contributed by atoms with Gasteiger partial charge in [-0.25, -0.2) is 0 Å². The number of rotatable bonds is 0. The summed E-state index contributed by atoms with van der Waals surface area (Å²) in [6.45, 7) is 14.1. The second kappa shape index (κ2) is 22.8. The van der Waals surface area contributed by atoms with E-state index in [9.17, 15) is 0 Å². The lowest BCUT2D eigenvalue weighted by atomic mass is 9.88. The van der Waals surface area contributed by atoms with E-state index < -0.39 is 0 Å². The minimum Gasteiger partial charge on any atom is -0.0922 e. The van der Waals surface area contributed by atoms with Crippen molar-refractivity contribution in [2.24, 2.45) is 0 Å². The molecule has 0 fully saturated rings. The first-order valence-electron chi connectivity index (χ1n) is 5.57. The number of aryl methyl sites for hydroxylation is 1. The largest absolute Gasteiger partial charge is 0.102 e. The molecule has 0 atom stereocenters. The molecule has 1 radical (unpaired) electrons. The van der Waals surface area contributed by atoms with Crippen molar-refractivity contribution >= 4 is 7.28 Å². The third-order valence-electron chi connectivity index (χ3n) is 0.940. The van der Waals surface area contributed by atoms with Gasteiger partial charge in [0.05, 0.1) is 0 Å². The van der Waals surface area contributed by atoms with Crippen LogP contribution in [0.2, 0.25) is 13.6 Å². The predicted octanol–water partition coefficient (Wildman–Crippen LogP) is 4.83. The summed E-state index contributed by atoms with van der Waals surface area (Å²) in [6.07, 6.45) is 0. The van der Waals surface area contributed by atoms with Crippen LogP contribution in [0.4, 0.5) is 0 Å². The van der Waals surface area contributed by atoms with Crippen LogP contribution in [0.3, 0.4) is 0 Å². The molecule has 81 valence electrons. The molecule has 0 nitrogen and oxygen atoms in total. The first-order valence-corrected chi connectivity index (χ1v) is 5.57. The normalized spacial score (nSPS) is 6.21. The maximum absolute atomic E-state index is 2.08. The number of hydrogen-bond acceptors (Lipinski definition) is 0. The number of hydrogen-bond donors (Lipinski definition) is 0. The van der Waals surface area contributed by atoms with Crippen molar-refractivity contribution in [1.82, 2.24) is 0 Å². The van der Waals surface area contributed by atoms with E-state index in [2.05, 4.69) is 19.1 Å². The second-order valence-corrected chi connectivity index (χ2v) is 2.23. The summed E-state index contributed by atoms with van der Waals surface area (Å²) in [5.74, 6) is 0. The van der Waals surface area contributed by atoms with Crippen molar-refractivity contribution in [1.29, 1.82) is 0 Å². The summed E-state index contributed by atoms with van der Waals surface area (Å²) in [6, 6.07) is 10.3. The van der Waals surface area contributed by atoms with Gasteiger partial charge in [0.2, 0.25) is 0 Å². The molecule has 0 aliphatic heterocycles. The molecule has 0 amide bonds. The van der Waals surface area contributed by atoms with Crippen LogP contribution < -0.4 is 0 Å². The topological polar surface area (TPSA) is 0 Å². The smallest absolute Gasteiger partial charge is 0.0922 e. The predicted molar refractivity (Wildman–Crippen MR) is 71.4 cm³/mol. The molecule has 1 aromatic carbocycles. The molecule has 0 spiro atoms. The average Bonchev–Trinajstić information content (AvgIpc) is 2.26. The van der Waals surface area contributed by atoms with E-state index >= 15 is 0 Å². The molecule has 14 heavy (non-hydrogen) atoms. The molecule has 0 saturated heterocycles. The van der Waals surface area contributed by atoms with E-state index in [0.717, 1.165) is 0 Å². The van der Waals surface area contributed by atoms with Crippen molar-refractivity contribution in [2.75, 3.05) is 0 Å². The van der Waals surface area contributed by atoms with Gasteiger partial charge in [0.1, 0.15) is 7.28 Å². The lowest BCUT2D eigenvalue weighted by Crippen LogP contribution is -1.62. The highest BCUT2D eigenvalue weighted by Crippen LogP contribution is 1.92. The monoisotopic (exact) mass is 193 g/mol. The molecule has 0 aliphatic carbocycles. The van der Waals surface area contributed by atoms with E-state index in [-0.39, 0.29) is 0 Å². The first kappa shape index (κ1) is 19.0. The standard InChI is InChI=1S/C7H8.C2H6B.2C2H6/c1-7-5-3-2-4-6-7;1-3-2;2*1-2/h2-6H,1H3;1-2H3;2*1-2H3. The molecule has 0 aliphatic rings. The Morgan fingerprint density at radius 2 is 1.07 bits per heavy atom. The van der Waals surface area contributed by atoms with Gasteiger partial charge < -0.3 is 0 Å². The molecular weight excluding hydrogens is 167 g/mol. The van der Waals surface area contributed by atoms with Gasteiger partial charge in [-0.05, 0) is 6.92 Å². The Balaban J connectivity index is -0.000000148. The van der Waals surface area contributed by atoms with E-state index in [0.29, 0.717) is 0 Å². The van der Waals surface area contributed by atoms with Crippen LogP contribution in [0.25, 0.3) is 0 Å². The van der Waals surface area contributed by atoms with Gasteiger partial charge in [-0.1, -0.05) is 77.2 Å². The zero-order valence-electron chi connectivity index (χ0n) is 11.0. The Morgan fingerprint density at radius 3 is 1.21 bits per heavy atom. The minimum atomic E-state index is 1.32. The van der Waals surface area contributed by atoms with Gasteiger partial charge >= 0.3 is 0 Å². The first-order chi connectivity index (χ1) is 6.81. The molecule has 1 heteroatoms. The van der Waals surface area contributed by atoms with E-state index in [4.69, 9.17) is 0 Å². The summed E-state index contributed by atoms with van der Waals surface area (Å²) in [5, 5.41) is 0. The van der Waals surface area contributed by atoms with E-state index in [1.807, 2.05) is 66.8 Å². The van der Waals surface area contributed by atoms with Crippen LogP contribution in [0.5, 0.6) is 0 Å². The van der Waals surface area contributed by atoms with Gasteiger partial charge in [-0.3, -0.25) is 0 Å². The Hall–Kier alpha value is -0.715. The summed E-state index contributed by atoms with van der Waals surface area (Å²) in [7, 11) is 2.00. The third kappa shape index (κ3) is 22.5. The molecule has 0 bridgehead atoms. The van der Waals surface area contributed by atoms with Crippen LogP contribution in [0, 0.1) is 6.92 Å². The highest BCUT2D eigenvalue weighted by Gasteiger charge is 1.72. The zero-order chi connectivity index (χ0) is 11.8. The van der Waals surface area contributed by atoms with Gasteiger partial charge in [-0.15, -0.1) is 0 Å². The highest BCUT2D eigenvalue weighted by atomic mass is 13.8. The van der Waals surface area contributed by atoms with Crippen molar-refractivity contribution in [2.45, 2.75) is 48.3 Å². The van der Waals surface area contributed by atoms with Crippen LogP contribution >= 0.6 is 0 Å². The average molecular weight is 193 g/mol. The molecular formula is C13H26B. The lowest BCUT2D eigenvalue weighted by Gasteiger charge is -1.82. The van der Waals surface area contributed by atoms with Crippen molar-refractivity contribution in [3.8, 4) is 0 Å². The SMILES string of the molecule is CC.CC.C[B]C.Cc1ccccc1. The molecule has 0 aromatic heterocycles. The van der Waals surface area contributed by atoms with Gasteiger partial charge in [0, 0.05) is 0 Å². The van der Waals surface area contributed by atoms with Crippen LogP contribution in [0.15, 0.2) is 30.3 Å². The Kier molecular flexibility index (Phi) is 30.9. The number of benzene rings is 1. The van der Waals surface area contributed by atoms with Gasteiger partial charge in [0.15, 0.2) is 0 Å². The van der Waals surface area contributed by atoms with Gasteiger partial charge in [-0.2, -0.15) is 0 Å². The summed E-state index contributed by atoms with van der Waals surface area (Å²) in [5.41, 5.74) is 1.32. The Morgan fingerprint density at radius 1 is 0.786 bits per heavy atom. The lowest BCUT2D eigenvalue weighted by molar-refractivity contribution is 1.48.